The predicted octanol–water partition coefficient (Wildman–Crippen LogP) is 4.99. The number of carbonyl (C=O) groups is 2. The number of likely N-dealkylation sites (N-methyl/N-ethyl adjacent to an activating group) is 2. The highest BCUT2D eigenvalue weighted by Crippen LogP contribution is 2.51. The van der Waals surface area contributed by atoms with Gasteiger partial charge in [0.05, 0.1) is 11.4 Å². The highest BCUT2D eigenvalue weighted by atomic mass is 32.1. The number of anilines is 3. The van der Waals surface area contributed by atoms with Gasteiger partial charge in [-0.3, -0.25) is 24.3 Å². The number of furan rings is 1. The molecule has 0 saturated carbocycles. The first-order valence-corrected chi connectivity index (χ1v) is 11.0. The molecule has 1 aromatic heterocycles. The number of carbonyl (C=O) groups excluding carboxylic acids is 2. The molecule has 0 unspecified atom stereocenters. The molecule has 2 amide bonds. The number of hydrogen-bond donors (Lipinski definition) is 0. The molecule has 2 aliphatic heterocycles. The molecule has 0 N–H and O–H groups in total. The first-order chi connectivity index (χ1) is 15.7. The second-order valence-corrected chi connectivity index (χ2v) is 9.10. The van der Waals surface area contributed by atoms with Crippen molar-refractivity contribution in [2.45, 2.75) is 19.3 Å². The Hall–Kier alpha value is -3.71. The van der Waals surface area contributed by atoms with Crippen molar-refractivity contribution in [3.8, 4) is 0 Å². The normalized spacial score (nSPS) is 17.3. The van der Waals surface area contributed by atoms with Gasteiger partial charge in [0.25, 0.3) is 11.8 Å². The van der Waals surface area contributed by atoms with E-state index in [0.717, 1.165) is 11.4 Å². The van der Waals surface area contributed by atoms with Crippen molar-refractivity contribution in [3.05, 3.63) is 83.1 Å². The minimum atomic E-state index is -0.448. The molecule has 1 fully saturated rings. The summed E-state index contributed by atoms with van der Waals surface area (Å²) in [5.41, 5.74) is 4.28. The van der Waals surface area contributed by atoms with E-state index in [1.165, 1.54) is 27.0 Å². The minimum Gasteiger partial charge on any atom is -0.440 e. The van der Waals surface area contributed by atoms with Crippen molar-refractivity contribution in [3.63, 3.8) is 0 Å². The SMILES string of the molecule is CN1C(=O)C(=Cc2ccc(N3c4ccccc4C(C)(C)c4ccccc43)o2)C(=O)N(C)C1=S. The van der Waals surface area contributed by atoms with Crippen LogP contribution in [0.3, 0.4) is 0 Å². The van der Waals surface area contributed by atoms with E-state index in [-0.39, 0.29) is 16.1 Å². The van der Waals surface area contributed by atoms with Crippen molar-refractivity contribution >= 4 is 52.5 Å². The van der Waals surface area contributed by atoms with Gasteiger partial charge >= 0.3 is 0 Å². The first kappa shape index (κ1) is 21.2. The van der Waals surface area contributed by atoms with Gasteiger partial charge in [-0.05, 0) is 47.6 Å². The van der Waals surface area contributed by atoms with Crippen LogP contribution in [0.2, 0.25) is 0 Å². The van der Waals surface area contributed by atoms with Crippen LogP contribution < -0.4 is 4.90 Å². The van der Waals surface area contributed by atoms with Gasteiger partial charge in [0.15, 0.2) is 5.11 Å². The summed E-state index contributed by atoms with van der Waals surface area (Å²) in [5, 5.41) is 0.173. The van der Waals surface area contributed by atoms with Crippen LogP contribution in [-0.2, 0) is 15.0 Å². The lowest BCUT2D eigenvalue weighted by atomic mass is 9.74. The molecule has 0 spiro atoms. The molecule has 0 bridgehead atoms. The van der Waals surface area contributed by atoms with E-state index in [4.69, 9.17) is 16.6 Å². The number of nitrogens with zero attached hydrogens (tertiary/aromatic N) is 3. The summed E-state index contributed by atoms with van der Waals surface area (Å²) in [5.74, 6) is 0.120. The van der Waals surface area contributed by atoms with Gasteiger partial charge < -0.3 is 4.42 Å². The van der Waals surface area contributed by atoms with Crippen LogP contribution in [0.5, 0.6) is 0 Å². The Balaban J connectivity index is 1.61. The van der Waals surface area contributed by atoms with Gasteiger partial charge in [0, 0.05) is 25.6 Å². The molecule has 6 nitrogen and oxygen atoms in total. The number of para-hydroxylation sites is 2. The third-order valence-electron chi connectivity index (χ3n) is 6.40. The number of hydrogen-bond acceptors (Lipinski definition) is 5. The molecule has 0 aliphatic carbocycles. The second-order valence-electron chi connectivity index (χ2n) is 8.74. The zero-order valence-electron chi connectivity index (χ0n) is 18.8. The zero-order valence-corrected chi connectivity index (χ0v) is 19.6. The molecule has 7 heteroatoms. The molecule has 33 heavy (non-hydrogen) atoms. The maximum Gasteiger partial charge on any atom is 0.265 e. The van der Waals surface area contributed by atoms with E-state index >= 15 is 0 Å². The smallest absolute Gasteiger partial charge is 0.265 e. The summed E-state index contributed by atoms with van der Waals surface area (Å²) >= 11 is 5.16. The molecule has 5 rings (SSSR count). The van der Waals surface area contributed by atoms with Gasteiger partial charge in [0.2, 0.25) is 5.88 Å². The first-order valence-electron chi connectivity index (χ1n) is 10.6. The largest absolute Gasteiger partial charge is 0.440 e. The van der Waals surface area contributed by atoms with Crippen LogP contribution in [0, 0.1) is 0 Å². The predicted molar refractivity (Wildman–Crippen MR) is 132 cm³/mol. The fourth-order valence-corrected chi connectivity index (χ4v) is 4.73. The maximum atomic E-state index is 12.7. The van der Waals surface area contributed by atoms with Crippen molar-refractivity contribution < 1.29 is 14.0 Å². The fraction of sp³-hybridized carbons (Fsp3) is 0.192. The Morgan fingerprint density at radius 2 is 1.33 bits per heavy atom. The topological polar surface area (TPSA) is 57.0 Å². The molecular formula is C26H23N3O3S. The second kappa shape index (κ2) is 7.42. The van der Waals surface area contributed by atoms with Crippen LogP contribution in [0.1, 0.15) is 30.7 Å². The lowest BCUT2D eigenvalue weighted by Crippen LogP contribution is -2.52. The van der Waals surface area contributed by atoms with Crippen LogP contribution in [0.15, 0.2) is 70.7 Å². The van der Waals surface area contributed by atoms with Gasteiger partial charge in [-0.1, -0.05) is 50.2 Å². The number of amides is 2. The van der Waals surface area contributed by atoms with Gasteiger partial charge in [0.1, 0.15) is 11.3 Å². The summed E-state index contributed by atoms with van der Waals surface area (Å²) < 4.78 is 6.18. The van der Waals surface area contributed by atoms with Crippen LogP contribution in [0.25, 0.3) is 6.08 Å². The van der Waals surface area contributed by atoms with E-state index in [1.54, 1.807) is 20.2 Å². The Labute approximate surface area is 197 Å². The molecular weight excluding hydrogens is 434 g/mol. The highest BCUT2D eigenvalue weighted by molar-refractivity contribution is 7.80. The monoisotopic (exact) mass is 457 g/mol. The van der Waals surface area contributed by atoms with E-state index in [0.29, 0.717) is 11.6 Å². The van der Waals surface area contributed by atoms with Gasteiger partial charge in [-0.2, -0.15) is 0 Å². The van der Waals surface area contributed by atoms with Crippen molar-refractivity contribution in [2.24, 2.45) is 0 Å². The van der Waals surface area contributed by atoms with Gasteiger partial charge in [-0.25, -0.2) is 0 Å². The van der Waals surface area contributed by atoms with E-state index in [9.17, 15) is 9.59 Å². The maximum absolute atomic E-state index is 12.7. The molecule has 166 valence electrons. The Bertz CT molecular complexity index is 1280. The Morgan fingerprint density at radius 1 is 0.818 bits per heavy atom. The molecule has 0 atom stereocenters. The number of rotatable bonds is 2. The number of fused-ring (bicyclic) bond motifs is 2. The van der Waals surface area contributed by atoms with Crippen molar-refractivity contribution in [2.75, 3.05) is 19.0 Å². The Morgan fingerprint density at radius 3 is 1.88 bits per heavy atom. The van der Waals surface area contributed by atoms with E-state index in [1.807, 2.05) is 30.3 Å². The summed E-state index contributed by atoms with van der Waals surface area (Å²) in [6.07, 6.45) is 1.48. The summed E-state index contributed by atoms with van der Waals surface area (Å²) in [7, 11) is 3.11. The summed E-state index contributed by atoms with van der Waals surface area (Å²) in [6.45, 7) is 4.44. The average Bonchev–Trinajstić information content (AvgIpc) is 3.28. The molecule has 2 aliphatic rings. The molecule has 1 saturated heterocycles. The van der Waals surface area contributed by atoms with Crippen molar-refractivity contribution in [1.82, 2.24) is 9.80 Å². The lowest BCUT2D eigenvalue weighted by molar-refractivity contribution is -0.132. The third-order valence-corrected chi connectivity index (χ3v) is 6.95. The summed E-state index contributed by atoms with van der Waals surface area (Å²) in [4.78, 5) is 30.0. The van der Waals surface area contributed by atoms with E-state index < -0.39 is 11.8 Å². The molecule has 0 radical (unpaired) electrons. The lowest BCUT2D eigenvalue weighted by Gasteiger charge is -2.40. The standard InChI is InChI=1S/C26H23N3O3S/c1-26(2)18-9-5-7-11-20(18)29(21-12-8-6-10-19(21)26)22-14-13-16(32-22)15-17-23(30)27(3)25(33)28(4)24(17)31/h5-15H,1-4H3. The van der Waals surface area contributed by atoms with E-state index in [2.05, 4.69) is 43.0 Å². The number of thiocarbonyl (C=S) groups is 1. The third kappa shape index (κ3) is 3.11. The Kier molecular flexibility index (Phi) is 4.76. The van der Waals surface area contributed by atoms with Crippen LogP contribution in [0.4, 0.5) is 17.3 Å². The van der Waals surface area contributed by atoms with Gasteiger partial charge in [-0.15, -0.1) is 0 Å². The molecule has 2 aromatic carbocycles. The number of benzene rings is 2. The fourth-order valence-electron chi connectivity index (χ4n) is 4.56. The zero-order chi connectivity index (χ0) is 23.5. The molecule has 3 aromatic rings. The minimum absolute atomic E-state index is 0.00933. The van der Waals surface area contributed by atoms with Crippen molar-refractivity contribution in [1.29, 1.82) is 0 Å². The quantitative estimate of drug-likeness (QED) is 0.308. The van der Waals surface area contributed by atoms with Crippen LogP contribution in [-0.4, -0.2) is 40.8 Å². The van der Waals surface area contributed by atoms with Crippen LogP contribution >= 0.6 is 12.2 Å². The molecule has 3 heterocycles. The average molecular weight is 458 g/mol. The summed E-state index contributed by atoms with van der Waals surface area (Å²) in [6, 6.07) is 20.2. The highest BCUT2D eigenvalue weighted by Gasteiger charge is 2.38.